The van der Waals surface area contributed by atoms with Crippen LogP contribution in [0.2, 0.25) is 0 Å². The van der Waals surface area contributed by atoms with Gasteiger partial charge in [0, 0.05) is 0 Å². The maximum atomic E-state index is 3.42. The fourth-order valence-electron chi connectivity index (χ4n) is 0.927. The van der Waals surface area contributed by atoms with E-state index < -0.39 is 0 Å². The van der Waals surface area contributed by atoms with E-state index in [2.05, 4.69) is 19.2 Å². The Morgan fingerprint density at radius 3 is 1.75 bits per heavy atom. The zero-order valence-corrected chi connectivity index (χ0v) is 9.45. The monoisotopic (exact) mass is 173 g/mol. The Morgan fingerprint density at radius 2 is 1.25 bits per heavy atom. The summed E-state index contributed by atoms with van der Waals surface area (Å²) in [7, 11) is 0. The Hall–Kier alpha value is -0.0400. The molecule has 0 aliphatic rings. The first-order chi connectivity index (χ1) is 5.91. The summed E-state index contributed by atoms with van der Waals surface area (Å²) in [6, 6.07) is 0. The normalized spacial score (nSPS) is 9.00. The van der Waals surface area contributed by atoms with Crippen LogP contribution in [0.25, 0.3) is 0 Å². The van der Waals surface area contributed by atoms with Crippen molar-refractivity contribution in [1.82, 2.24) is 5.32 Å². The molecule has 0 spiro atoms. The minimum absolute atomic E-state index is 1.21. The van der Waals surface area contributed by atoms with Crippen LogP contribution in [0.1, 0.15) is 59.8 Å². The fraction of sp³-hybridized carbons (Fsp3) is 1.00. The summed E-state index contributed by atoms with van der Waals surface area (Å²) in [5.74, 6) is 0. The van der Waals surface area contributed by atoms with Crippen molar-refractivity contribution in [2.45, 2.75) is 59.8 Å². The molecular weight excluding hydrogens is 146 g/mol. The average Bonchev–Trinajstić information content (AvgIpc) is 2.15. The molecule has 0 bridgehead atoms. The van der Waals surface area contributed by atoms with Gasteiger partial charge in [0.1, 0.15) is 0 Å². The van der Waals surface area contributed by atoms with E-state index in [1.165, 1.54) is 45.2 Å². The van der Waals surface area contributed by atoms with Crippen LogP contribution in [0.15, 0.2) is 0 Å². The summed E-state index contributed by atoms with van der Waals surface area (Å²) in [6.07, 6.45) is 6.68. The largest absolute Gasteiger partial charge is 0.317 e. The van der Waals surface area contributed by atoms with Crippen molar-refractivity contribution in [1.29, 1.82) is 0 Å². The first-order valence-corrected chi connectivity index (χ1v) is 5.62. The molecule has 0 aliphatic carbocycles. The van der Waals surface area contributed by atoms with E-state index in [0.29, 0.717) is 0 Å². The molecule has 0 atom stereocenters. The smallest absolute Gasteiger partial charge is 0.00489 e. The Bertz CT molecular complexity index is 45.0. The lowest BCUT2D eigenvalue weighted by Crippen LogP contribution is -2.16. The van der Waals surface area contributed by atoms with Gasteiger partial charge in [-0.05, 0) is 25.9 Å². The third kappa shape index (κ3) is 16.5. The van der Waals surface area contributed by atoms with Gasteiger partial charge in [-0.15, -0.1) is 0 Å². The Labute approximate surface area is 78.9 Å². The summed E-state index contributed by atoms with van der Waals surface area (Å²) in [4.78, 5) is 0. The van der Waals surface area contributed by atoms with Crippen molar-refractivity contribution in [2.75, 3.05) is 13.1 Å². The number of hydrogen-bond donors (Lipinski definition) is 1. The van der Waals surface area contributed by atoms with Crippen molar-refractivity contribution in [3.05, 3.63) is 0 Å². The highest BCUT2D eigenvalue weighted by Gasteiger charge is 1.85. The highest BCUT2D eigenvalue weighted by molar-refractivity contribution is 4.46. The second-order valence-electron chi connectivity index (χ2n) is 2.81. The molecule has 0 fully saturated rings. The van der Waals surface area contributed by atoms with E-state index in [-0.39, 0.29) is 0 Å². The van der Waals surface area contributed by atoms with Gasteiger partial charge in [-0.1, -0.05) is 47.0 Å². The van der Waals surface area contributed by atoms with Crippen LogP contribution in [-0.4, -0.2) is 13.1 Å². The van der Waals surface area contributed by atoms with Gasteiger partial charge in [-0.25, -0.2) is 0 Å². The van der Waals surface area contributed by atoms with Gasteiger partial charge in [0.25, 0.3) is 0 Å². The van der Waals surface area contributed by atoms with Crippen molar-refractivity contribution in [2.24, 2.45) is 0 Å². The van der Waals surface area contributed by atoms with Crippen LogP contribution < -0.4 is 5.32 Å². The maximum absolute atomic E-state index is 3.42. The first kappa shape index (κ1) is 14.5. The van der Waals surface area contributed by atoms with Gasteiger partial charge in [-0.2, -0.15) is 0 Å². The predicted octanol–water partition coefficient (Wildman–Crippen LogP) is 3.59. The van der Waals surface area contributed by atoms with Gasteiger partial charge in [0.05, 0.1) is 0 Å². The summed E-state index contributed by atoms with van der Waals surface area (Å²) in [6.45, 7) is 10.9. The van der Waals surface area contributed by atoms with Crippen LogP contribution in [0.4, 0.5) is 0 Å². The highest BCUT2D eigenvalue weighted by atomic mass is 14.8. The van der Waals surface area contributed by atoms with Crippen molar-refractivity contribution in [3.8, 4) is 0 Å². The number of hydrogen-bond acceptors (Lipinski definition) is 1. The van der Waals surface area contributed by atoms with E-state index >= 15 is 0 Å². The molecule has 76 valence electrons. The molecule has 0 rings (SSSR count). The second kappa shape index (κ2) is 17.2. The molecule has 1 heteroatoms. The molecular formula is C11H27N. The second-order valence-corrected chi connectivity index (χ2v) is 2.81. The summed E-state index contributed by atoms with van der Waals surface area (Å²) >= 11 is 0. The van der Waals surface area contributed by atoms with E-state index in [0.717, 1.165) is 0 Å². The standard InChI is InChI=1S/C9H21N.C2H6/c1-3-5-7-9-10-8-6-4-2;1-2/h10H,3-9H2,1-2H3;1-2H3. The quantitative estimate of drug-likeness (QED) is 0.580. The minimum atomic E-state index is 1.21. The zero-order valence-electron chi connectivity index (χ0n) is 9.45. The molecule has 1 nitrogen and oxygen atoms in total. The third-order valence-electron chi connectivity index (χ3n) is 1.66. The van der Waals surface area contributed by atoms with Gasteiger partial charge in [0.2, 0.25) is 0 Å². The zero-order chi connectivity index (χ0) is 9.66. The molecule has 0 aliphatic heterocycles. The van der Waals surface area contributed by atoms with E-state index in [4.69, 9.17) is 0 Å². The van der Waals surface area contributed by atoms with Gasteiger partial charge in [0.15, 0.2) is 0 Å². The van der Waals surface area contributed by atoms with Crippen molar-refractivity contribution >= 4 is 0 Å². The van der Waals surface area contributed by atoms with Gasteiger partial charge in [-0.3, -0.25) is 0 Å². The maximum Gasteiger partial charge on any atom is -0.00489 e. The number of unbranched alkanes of at least 4 members (excludes halogenated alkanes) is 3. The lowest BCUT2D eigenvalue weighted by Gasteiger charge is -2.01. The van der Waals surface area contributed by atoms with Gasteiger partial charge >= 0.3 is 0 Å². The number of rotatable bonds is 7. The summed E-state index contributed by atoms with van der Waals surface area (Å²) < 4.78 is 0. The third-order valence-corrected chi connectivity index (χ3v) is 1.66. The van der Waals surface area contributed by atoms with E-state index in [9.17, 15) is 0 Å². The SMILES string of the molecule is CC.CCCCCNCCCC. The molecule has 1 N–H and O–H groups in total. The minimum Gasteiger partial charge on any atom is -0.317 e. The summed E-state index contributed by atoms with van der Waals surface area (Å²) in [5, 5.41) is 3.42. The average molecular weight is 173 g/mol. The molecule has 0 aromatic heterocycles. The first-order valence-electron chi connectivity index (χ1n) is 5.62. The Balaban J connectivity index is 0. The molecule has 0 saturated carbocycles. The van der Waals surface area contributed by atoms with Crippen LogP contribution in [0, 0.1) is 0 Å². The van der Waals surface area contributed by atoms with Gasteiger partial charge < -0.3 is 5.32 Å². The molecule has 0 radical (unpaired) electrons. The highest BCUT2D eigenvalue weighted by Crippen LogP contribution is 1.91. The van der Waals surface area contributed by atoms with Crippen LogP contribution >= 0.6 is 0 Å². The Kier molecular flexibility index (Phi) is 20.7. The molecule has 0 saturated heterocycles. The molecule has 12 heavy (non-hydrogen) atoms. The Morgan fingerprint density at radius 1 is 0.750 bits per heavy atom. The molecule has 0 heterocycles. The molecule has 0 amide bonds. The lowest BCUT2D eigenvalue weighted by molar-refractivity contribution is 0.595. The molecule has 0 aromatic rings. The van der Waals surface area contributed by atoms with Crippen molar-refractivity contribution in [3.63, 3.8) is 0 Å². The topological polar surface area (TPSA) is 12.0 Å². The van der Waals surface area contributed by atoms with Crippen molar-refractivity contribution < 1.29 is 0 Å². The lowest BCUT2D eigenvalue weighted by atomic mass is 10.2. The van der Waals surface area contributed by atoms with E-state index in [1.807, 2.05) is 13.8 Å². The number of nitrogens with one attached hydrogen (secondary N) is 1. The summed E-state index contributed by atoms with van der Waals surface area (Å²) in [5.41, 5.74) is 0. The van der Waals surface area contributed by atoms with Crippen LogP contribution in [0.5, 0.6) is 0 Å². The van der Waals surface area contributed by atoms with Crippen LogP contribution in [0.3, 0.4) is 0 Å². The van der Waals surface area contributed by atoms with E-state index in [1.54, 1.807) is 0 Å². The van der Waals surface area contributed by atoms with Crippen LogP contribution in [-0.2, 0) is 0 Å². The molecule has 0 unspecified atom stereocenters. The molecule has 0 aromatic carbocycles. The predicted molar refractivity (Wildman–Crippen MR) is 58.7 cm³/mol. The fourth-order valence-corrected chi connectivity index (χ4v) is 0.927.